The molecule has 3 aromatic rings. The highest BCUT2D eigenvalue weighted by atomic mass is 35.5. The quantitative estimate of drug-likeness (QED) is 0.335. The molecule has 34 heavy (non-hydrogen) atoms. The molecule has 2 aromatic carbocycles. The number of hydrogen-bond donors (Lipinski definition) is 2. The Morgan fingerprint density at radius 1 is 1.06 bits per heavy atom. The van der Waals surface area contributed by atoms with Crippen molar-refractivity contribution in [3.05, 3.63) is 58.6 Å². The number of nitrogens with zero attached hydrogens (tertiary/aromatic N) is 3. The minimum absolute atomic E-state index is 0.319. The van der Waals surface area contributed by atoms with Crippen LogP contribution in [0.25, 0.3) is 11.3 Å². The normalized spacial score (nSPS) is 11.6. The number of alkyl halides is 3. The summed E-state index contributed by atoms with van der Waals surface area (Å²) >= 11 is 6.30. The summed E-state index contributed by atoms with van der Waals surface area (Å²) in [5, 5.41) is 7.11. The first kappa shape index (κ1) is 25.6. The van der Waals surface area contributed by atoms with E-state index in [1.54, 1.807) is 12.1 Å². The van der Waals surface area contributed by atoms with Gasteiger partial charge in [-0.05, 0) is 70.2 Å². The van der Waals surface area contributed by atoms with Crippen molar-refractivity contribution in [1.82, 2.24) is 14.9 Å². The molecule has 3 rings (SSSR count). The molecule has 0 amide bonds. The molecule has 182 valence electrons. The number of halogens is 4. The number of benzene rings is 2. The van der Waals surface area contributed by atoms with Crippen LogP contribution in [0.1, 0.15) is 17.5 Å². The zero-order valence-corrected chi connectivity index (χ0v) is 20.2. The minimum Gasteiger partial charge on any atom is -0.406 e. The average molecular weight is 494 g/mol. The highest BCUT2D eigenvalue weighted by Gasteiger charge is 2.31. The van der Waals surface area contributed by atoms with Crippen molar-refractivity contribution in [1.29, 1.82) is 0 Å². The molecule has 0 spiro atoms. The van der Waals surface area contributed by atoms with Gasteiger partial charge in [-0.15, -0.1) is 13.2 Å². The van der Waals surface area contributed by atoms with Gasteiger partial charge in [0.15, 0.2) is 0 Å². The fraction of sp³-hybridized carbons (Fsp3) is 0.333. The summed E-state index contributed by atoms with van der Waals surface area (Å²) in [4.78, 5) is 11.2. The van der Waals surface area contributed by atoms with Gasteiger partial charge in [0.1, 0.15) is 11.6 Å². The number of ether oxygens (including phenoxy) is 1. The van der Waals surface area contributed by atoms with Gasteiger partial charge in [-0.3, -0.25) is 0 Å². The van der Waals surface area contributed by atoms with Crippen LogP contribution in [0.15, 0.2) is 42.5 Å². The molecule has 0 aliphatic heterocycles. The third kappa shape index (κ3) is 7.23. The van der Waals surface area contributed by atoms with Gasteiger partial charge in [0, 0.05) is 28.9 Å². The molecule has 0 bridgehead atoms. The average Bonchev–Trinajstić information content (AvgIpc) is 2.76. The van der Waals surface area contributed by atoms with Crippen LogP contribution in [0.3, 0.4) is 0 Å². The Morgan fingerprint density at radius 2 is 1.82 bits per heavy atom. The maximum absolute atomic E-state index is 12.7. The van der Waals surface area contributed by atoms with Crippen LogP contribution >= 0.6 is 11.6 Å². The summed E-state index contributed by atoms with van der Waals surface area (Å²) in [6.07, 6.45) is -3.91. The van der Waals surface area contributed by atoms with Crippen LogP contribution < -0.4 is 15.4 Å². The van der Waals surface area contributed by atoms with E-state index in [9.17, 15) is 13.2 Å². The third-order valence-corrected chi connectivity index (χ3v) is 5.42. The van der Waals surface area contributed by atoms with Gasteiger partial charge in [0.25, 0.3) is 0 Å². The van der Waals surface area contributed by atoms with E-state index >= 15 is 0 Å². The van der Waals surface area contributed by atoms with E-state index in [-0.39, 0.29) is 5.75 Å². The van der Waals surface area contributed by atoms with E-state index in [1.807, 2.05) is 40.1 Å². The molecule has 0 saturated heterocycles. The number of hydrogen-bond acceptors (Lipinski definition) is 6. The summed E-state index contributed by atoms with van der Waals surface area (Å²) in [5.41, 5.74) is 3.55. The van der Waals surface area contributed by atoms with Gasteiger partial charge >= 0.3 is 6.36 Å². The first-order valence-electron chi connectivity index (χ1n) is 10.7. The Balaban J connectivity index is 1.97. The summed E-state index contributed by atoms with van der Waals surface area (Å²) in [6, 6.07) is 11.1. The van der Waals surface area contributed by atoms with Crippen LogP contribution in [0.4, 0.5) is 30.6 Å². The molecule has 10 heteroatoms. The van der Waals surface area contributed by atoms with Crippen LogP contribution in [0.5, 0.6) is 5.75 Å². The maximum Gasteiger partial charge on any atom is 0.573 e. The van der Waals surface area contributed by atoms with Crippen molar-refractivity contribution >= 4 is 29.1 Å². The lowest BCUT2D eigenvalue weighted by molar-refractivity contribution is -0.274. The molecule has 0 fully saturated rings. The van der Waals surface area contributed by atoms with Crippen molar-refractivity contribution in [3.8, 4) is 17.0 Å². The maximum atomic E-state index is 12.7. The molecule has 1 aromatic heterocycles. The Morgan fingerprint density at radius 3 is 2.53 bits per heavy atom. The molecular formula is C24H27ClF3N5O. The van der Waals surface area contributed by atoms with E-state index in [0.29, 0.717) is 34.6 Å². The van der Waals surface area contributed by atoms with Crippen LogP contribution in [-0.4, -0.2) is 48.4 Å². The van der Waals surface area contributed by atoms with Crippen LogP contribution in [-0.2, 0) is 0 Å². The molecule has 0 atom stereocenters. The predicted octanol–water partition coefficient (Wildman–Crippen LogP) is 6.42. The van der Waals surface area contributed by atoms with Gasteiger partial charge in [-0.25, -0.2) is 4.98 Å². The van der Waals surface area contributed by atoms with E-state index in [0.717, 1.165) is 29.8 Å². The van der Waals surface area contributed by atoms with Crippen molar-refractivity contribution in [2.75, 3.05) is 37.8 Å². The number of aromatic nitrogens is 2. The second-order valence-electron chi connectivity index (χ2n) is 8.11. The second-order valence-corrected chi connectivity index (χ2v) is 8.52. The molecule has 6 nitrogen and oxygen atoms in total. The molecule has 2 N–H and O–H groups in total. The first-order chi connectivity index (χ1) is 16.0. The van der Waals surface area contributed by atoms with E-state index in [2.05, 4.69) is 30.2 Å². The SMILES string of the molecule is Cc1ccc(Cl)c(C)c1Nc1cc(-c2cccc(OC(F)(F)F)c2)nc(NCCCN(C)C)n1. The second kappa shape index (κ2) is 10.9. The zero-order valence-electron chi connectivity index (χ0n) is 19.4. The van der Waals surface area contributed by atoms with Crippen molar-refractivity contribution in [3.63, 3.8) is 0 Å². The van der Waals surface area contributed by atoms with Gasteiger partial charge < -0.3 is 20.3 Å². The van der Waals surface area contributed by atoms with Gasteiger partial charge in [0.2, 0.25) is 5.95 Å². The Bertz CT molecular complexity index is 1140. The monoisotopic (exact) mass is 493 g/mol. The molecule has 0 saturated carbocycles. The largest absolute Gasteiger partial charge is 0.573 e. The van der Waals surface area contributed by atoms with E-state index in [4.69, 9.17) is 11.6 Å². The number of aryl methyl sites for hydroxylation is 1. The lowest BCUT2D eigenvalue weighted by Crippen LogP contribution is -2.17. The van der Waals surface area contributed by atoms with Gasteiger partial charge in [-0.1, -0.05) is 29.8 Å². The molecule has 1 heterocycles. The lowest BCUT2D eigenvalue weighted by Gasteiger charge is -2.16. The Labute approximate surface area is 202 Å². The highest BCUT2D eigenvalue weighted by molar-refractivity contribution is 6.31. The zero-order chi connectivity index (χ0) is 24.9. The Kier molecular flexibility index (Phi) is 8.22. The molecule has 0 radical (unpaired) electrons. The molecular weight excluding hydrogens is 467 g/mol. The van der Waals surface area contributed by atoms with Crippen molar-refractivity contribution < 1.29 is 17.9 Å². The number of nitrogens with one attached hydrogen (secondary N) is 2. The number of anilines is 3. The standard InChI is InChI=1S/C24H27ClF3N5O/c1-15-9-10-19(25)16(2)22(15)31-21-14-20(30-23(32-21)29-11-6-12-33(3)4)17-7-5-8-18(13-17)34-24(26,27)28/h5,7-10,13-14H,6,11-12H2,1-4H3,(H2,29,30,31,32). The highest BCUT2D eigenvalue weighted by Crippen LogP contribution is 2.32. The summed E-state index contributed by atoms with van der Waals surface area (Å²) < 4.78 is 42.2. The molecule has 0 unspecified atom stereocenters. The predicted molar refractivity (Wildman–Crippen MR) is 130 cm³/mol. The lowest BCUT2D eigenvalue weighted by atomic mass is 10.1. The fourth-order valence-corrected chi connectivity index (χ4v) is 3.49. The van der Waals surface area contributed by atoms with Crippen molar-refractivity contribution in [2.24, 2.45) is 0 Å². The third-order valence-electron chi connectivity index (χ3n) is 5.02. The van der Waals surface area contributed by atoms with Gasteiger partial charge in [0.05, 0.1) is 5.69 Å². The van der Waals surface area contributed by atoms with Gasteiger partial charge in [-0.2, -0.15) is 4.98 Å². The van der Waals surface area contributed by atoms with E-state index in [1.165, 1.54) is 18.2 Å². The van der Waals surface area contributed by atoms with Crippen LogP contribution in [0, 0.1) is 13.8 Å². The first-order valence-corrected chi connectivity index (χ1v) is 11.1. The molecule has 0 aliphatic rings. The minimum atomic E-state index is -4.78. The Hall–Kier alpha value is -3.04. The summed E-state index contributed by atoms with van der Waals surface area (Å²) in [6.45, 7) is 5.37. The summed E-state index contributed by atoms with van der Waals surface area (Å²) in [5.74, 6) is 0.522. The smallest absolute Gasteiger partial charge is 0.406 e. The number of rotatable bonds is 9. The van der Waals surface area contributed by atoms with E-state index < -0.39 is 6.36 Å². The van der Waals surface area contributed by atoms with Crippen molar-refractivity contribution in [2.45, 2.75) is 26.6 Å². The summed E-state index contributed by atoms with van der Waals surface area (Å²) in [7, 11) is 3.98. The van der Waals surface area contributed by atoms with Crippen LogP contribution in [0.2, 0.25) is 5.02 Å². The fourth-order valence-electron chi connectivity index (χ4n) is 3.33. The molecule has 0 aliphatic carbocycles. The topological polar surface area (TPSA) is 62.3 Å².